The van der Waals surface area contributed by atoms with Crippen LogP contribution >= 0.6 is 0 Å². The first kappa shape index (κ1) is 28.9. The van der Waals surface area contributed by atoms with Gasteiger partial charge in [0.25, 0.3) is 17.7 Å². The van der Waals surface area contributed by atoms with Crippen LogP contribution in [0, 0.1) is 0 Å². The van der Waals surface area contributed by atoms with Gasteiger partial charge in [-0.15, -0.1) is 0 Å². The number of rotatable bonds is 8. The monoisotopic (exact) mass is 582 g/mol. The normalized spacial score (nSPS) is 12.8. The predicted molar refractivity (Wildman–Crippen MR) is 174 cm³/mol. The fourth-order valence-corrected chi connectivity index (χ4v) is 5.61. The zero-order chi connectivity index (χ0) is 30.8. The molecule has 220 valence electrons. The molecule has 0 saturated carbocycles. The molecule has 0 aliphatic carbocycles. The number of amides is 3. The van der Waals surface area contributed by atoms with Crippen LogP contribution in [-0.2, 0) is 5.41 Å². The van der Waals surface area contributed by atoms with Gasteiger partial charge in [-0.1, -0.05) is 75.4 Å². The van der Waals surface area contributed by atoms with Crippen LogP contribution in [0.5, 0.6) is 11.5 Å². The number of ether oxygens (including phenoxy) is 1. The van der Waals surface area contributed by atoms with Crippen molar-refractivity contribution in [3.63, 3.8) is 0 Å². The fraction of sp³-hybridized carbons (Fsp3) is 0.184. The van der Waals surface area contributed by atoms with Gasteiger partial charge in [-0.3, -0.25) is 19.3 Å². The molecule has 0 atom stereocenters. The summed E-state index contributed by atoms with van der Waals surface area (Å²) in [6, 6.07) is 35.6. The Morgan fingerprint density at radius 2 is 1.30 bits per heavy atom. The summed E-state index contributed by atoms with van der Waals surface area (Å²) in [5.41, 5.74) is 3.42. The molecule has 1 aliphatic heterocycles. The van der Waals surface area contributed by atoms with Crippen molar-refractivity contribution in [1.82, 2.24) is 4.90 Å². The third-order valence-electron chi connectivity index (χ3n) is 7.99. The lowest BCUT2D eigenvalue weighted by Crippen LogP contribution is -2.42. The highest BCUT2D eigenvalue weighted by Crippen LogP contribution is 2.31. The Labute approximate surface area is 257 Å². The topological polar surface area (TPSA) is 66.9 Å². The number of carbonyl (C=O) groups excluding carboxylic acids is 3. The molecule has 44 heavy (non-hydrogen) atoms. The van der Waals surface area contributed by atoms with Crippen LogP contribution in [0.3, 0.4) is 0 Å². The van der Waals surface area contributed by atoms with Gasteiger partial charge in [-0.25, -0.2) is 0 Å². The number of imide groups is 1. The van der Waals surface area contributed by atoms with Crippen LogP contribution in [0.4, 0.5) is 5.69 Å². The summed E-state index contributed by atoms with van der Waals surface area (Å²) in [5, 5.41) is 1.57. The maximum absolute atomic E-state index is 13.9. The lowest BCUT2D eigenvalue weighted by molar-refractivity contribution is 0.0610. The minimum Gasteiger partial charge on any atom is -0.457 e. The van der Waals surface area contributed by atoms with Gasteiger partial charge < -0.3 is 9.64 Å². The van der Waals surface area contributed by atoms with E-state index in [1.54, 1.807) is 17.0 Å². The van der Waals surface area contributed by atoms with Crippen molar-refractivity contribution < 1.29 is 19.1 Å². The Balaban J connectivity index is 1.24. The molecule has 0 radical (unpaired) electrons. The molecular weight excluding hydrogens is 548 g/mol. The van der Waals surface area contributed by atoms with Crippen molar-refractivity contribution in [2.45, 2.75) is 32.6 Å². The maximum Gasteiger partial charge on any atom is 0.261 e. The van der Waals surface area contributed by atoms with Gasteiger partial charge in [-0.05, 0) is 83.4 Å². The van der Waals surface area contributed by atoms with E-state index >= 15 is 0 Å². The molecular formula is C38H34N2O4. The molecule has 0 spiro atoms. The van der Waals surface area contributed by atoms with E-state index in [9.17, 15) is 14.4 Å². The minimum absolute atomic E-state index is 0.0354. The van der Waals surface area contributed by atoms with Crippen LogP contribution in [-0.4, -0.2) is 35.7 Å². The number of anilines is 1. The Kier molecular flexibility index (Phi) is 7.75. The van der Waals surface area contributed by atoms with E-state index in [1.165, 1.54) is 4.90 Å². The molecule has 5 aromatic carbocycles. The second-order valence-electron chi connectivity index (χ2n) is 12.0. The summed E-state index contributed by atoms with van der Waals surface area (Å²) in [6.45, 7) is 6.90. The number of hydrogen-bond donors (Lipinski definition) is 0. The largest absolute Gasteiger partial charge is 0.457 e. The second kappa shape index (κ2) is 11.8. The SMILES string of the molecule is CC(C)(C)c1ccc(C(=O)N(CCCN2C(=O)c3cccc4cccc(c34)C2=O)c2ccc(Oc3ccccc3)cc2)cc1. The summed E-state index contributed by atoms with van der Waals surface area (Å²) >= 11 is 0. The number of benzene rings is 5. The Hall–Kier alpha value is -5.23. The van der Waals surface area contributed by atoms with Gasteiger partial charge in [-0.2, -0.15) is 0 Å². The molecule has 6 heteroatoms. The van der Waals surface area contributed by atoms with Crippen molar-refractivity contribution in [3.8, 4) is 11.5 Å². The fourth-order valence-electron chi connectivity index (χ4n) is 5.61. The van der Waals surface area contributed by atoms with Crippen LogP contribution < -0.4 is 9.64 Å². The molecule has 6 nitrogen and oxygen atoms in total. The molecule has 1 aliphatic rings. The summed E-state index contributed by atoms with van der Waals surface area (Å²) in [7, 11) is 0. The first-order valence-corrected chi connectivity index (χ1v) is 14.8. The van der Waals surface area contributed by atoms with Crippen LogP contribution in [0.25, 0.3) is 10.8 Å². The molecule has 5 aromatic rings. The van der Waals surface area contributed by atoms with E-state index < -0.39 is 0 Å². The van der Waals surface area contributed by atoms with Gasteiger partial charge in [0, 0.05) is 40.9 Å². The van der Waals surface area contributed by atoms with Gasteiger partial charge in [0.2, 0.25) is 0 Å². The summed E-state index contributed by atoms with van der Waals surface area (Å²) in [4.78, 5) is 43.8. The standard InChI is InChI=1S/C38H34N2O4/c1-38(2,3)28-18-16-27(17-19-28)35(41)39(29-20-22-31(23-21-29)44-30-12-5-4-6-13-30)24-9-25-40-36(42)32-14-7-10-26-11-8-15-33(34(26)32)37(40)43/h4-8,10-23H,9,24-25H2,1-3H3. The van der Waals surface area contributed by atoms with Crippen LogP contribution in [0.1, 0.15) is 63.8 Å². The molecule has 6 rings (SSSR count). The van der Waals surface area contributed by atoms with Crippen LogP contribution in [0.15, 0.2) is 115 Å². The first-order valence-electron chi connectivity index (χ1n) is 14.8. The lowest BCUT2D eigenvalue weighted by Gasteiger charge is -2.29. The Morgan fingerprint density at radius 1 is 0.705 bits per heavy atom. The van der Waals surface area contributed by atoms with E-state index in [1.807, 2.05) is 103 Å². The summed E-state index contributed by atoms with van der Waals surface area (Å²) in [5.74, 6) is 0.600. The highest BCUT2D eigenvalue weighted by atomic mass is 16.5. The molecule has 3 amide bonds. The zero-order valence-electron chi connectivity index (χ0n) is 25.1. The molecule has 0 unspecified atom stereocenters. The highest BCUT2D eigenvalue weighted by molar-refractivity contribution is 6.25. The molecule has 0 N–H and O–H groups in total. The number of carbonyl (C=O) groups is 3. The number of para-hydroxylation sites is 1. The average Bonchev–Trinajstić information content (AvgIpc) is 3.03. The van der Waals surface area contributed by atoms with Gasteiger partial charge in [0.15, 0.2) is 0 Å². The minimum atomic E-state index is -0.308. The van der Waals surface area contributed by atoms with Crippen LogP contribution in [0.2, 0.25) is 0 Å². The quantitative estimate of drug-likeness (QED) is 0.173. The first-order chi connectivity index (χ1) is 21.2. The average molecular weight is 583 g/mol. The van der Waals surface area contributed by atoms with Gasteiger partial charge in [0.05, 0.1) is 0 Å². The maximum atomic E-state index is 13.9. The van der Waals surface area contributed by atoms with Crippen molar-refractivity contribution >= 4 is 34.2 Å². The van der Waals surface area contributed by atoms with E-state index in [-0.39, 0.29) is 29.7 Å². The number of nitrogens with zero attached hydrogens (tertiary/aromatic N) is 2. The smallest absolute Gasteiger partial charge is 0.261 e. The molecule has 0 aromatic heterocycles. The lowest BCUT2D eigenvalue weighted by atomic mass is 9.86. The second-order valence-corrected chi connectivity index (χ2v) is 12.0. The third kappa shape index (κ3) is 5.71. The van der Waals surface area contributed by atoms with Crippen molar-refractivity contribution in [2.75, 3.05) is 18.0 Å². The van der Waals surface area contributed by atoms with Gasteiger partial charge >= 0.3 is 0 Å². The Bertz CT molecular complexity index is 1790. The van der Waals surface area contributed by atoms with E-state index in [0.717, 1.165) is 16.7 Å². The van der Waals surface area contributed by atoms with E-state index in [2.05, 4.69) is 20.8 Å². The van der Waals surface area contributed by atoms with Crippen molar-refractivity contribution in [1.29, 1.82) is 0 Å². The predicted octanol–water partition coefficient (Wildman–Crippen LogP) is 8.26. The molecule has 0 saturated heterocycles. The van der Waals surface area contributed by atoms with E-state index in [0.29, 0.717) is 46.5 Å². The zero-order valence-corrected chi connectivity index (χ0v) is 25.1. The Morgan fingerprint density at radius 3 is 1.89 bits per heavy atom. The van der Waals surface area contributed by atoms with Gasteiger partial charge in [0.1, 0.15) is 11.5 Å². The highest BCUT2D eigenvalue weighted by Gasteiger charge is 2.32. The molecule has 0 fully saturated rings. The summed E-state index contributed by atoms with van der Waals surface area (Å²) in [6.07, 6.45) is 0.406. The summed E-state index contributed by atoms with van der Waals surface area (Å²) < 4.78 is 5.95. The molecule has 1 heterocycles. The third-order valence-corrected chi connectivity index (χ3v) is 7.99. The number of hydrogen-bond acceptors (Lipinski definition) is 4. The van der Waals surface area contributed by atoms with Crippen molar-refractivity contribution in [3.05, 3.63) is 138 Å². The molecule has 0 bridgehead atoms. The van der Waals surface area contributed by atoms with E-state index in [4.69, 9.17) is 4.74 Å². The van der Waals surface area contributed by atoms with Crippen molar-refractivity contribution in [2.24, 2.45) is 0 Å².